The molecule has 0 aliphatic rings. The maximum atomic E-state index is 12.2. The number of allylic oxidation sites excluding steroid dienone is 16. The van der Waals surface area contributed by atoms with Crippen molar-refractivity contribution in [3.05, 3.63) is 97.2 Å². The monoisotopic (exact) mass is 665 g/mol. The molecule has 0 aliphatic carbocycles. The molecular weight excluding hydrogens is 596 g/mol. The number of ether oxygens (including phenoxy) is 2. The largest absolute Gasteiger partial charge is 0.462 e. The number of hydrogen-bond acceptors (Lipinski definition) is 5. The second kappa shape index (κ2) is 38.3. The number of hydrogen-bond donors (Lipinski definition) is 1. The van der Waals surface area contributed by atoms with Crippen molar-refractivity contribution < 1.29 is 24.2 Å². The van der Waals surface area contributed by atoms with E-state index in [2.05, 4.69) is 111 Å². The number of carbonyl (C=O) groups excluding carboxylic acids is 2. The van der Waals surface area contributed by atoms with Crippen LogP contribution >= 0.6 is 0 Å². The Kier molecular flexibility index (Phi) is 35.7. The van der Waals surface area contributed by atoms with Gasteiger partial charge in [0.25, 0.3) is 0 Å². The van der Waals surface area contributed by atoms with Gasteiger partial charge in [-0.2, -0.15) is 0 Å². The van der Waals surface area contributed by atoms with E-state index in [-0.39, 0.29) is 25.2 Å². The number of rotatable bonds is 32. The lowest BCUT2D eigenvalue weighted by Crippen LogP contribution is -2.28. The quantitative estimate of drug-likeness (QED) is 0.0440. The van der Waals surface area contributed by atoms with Crippen LogP contribution in [0.2, 0.25) is 0 Å². The first kappa shape index (κ1) is 44.8. The van der Waals surface area contributed by atoms with Crippen molar-refractivity contribution in [1.29, 1.82) is 0 Å². The smallest absolute Gasteiger partial charge is 0.306 e. The Hall–Kier alpha value is -3.18. The summed E-state index contributed by atoms with van der Waals surface area (Å²) < 4.78 is 10.6. The van der Waals surface area contributed by atoms with Crippen LogP contribution in [0.3, 0.4) is 0 Å². The average Bonchev–Trinajstić information content (AvgIpc) is 3.09. The second-order valence-electron chi connectivity index (χ2n) is 11.9. The SMILES string of the molecule is CC/C=C\C/C=C\C/C=C\C/C=C\C/C=C\CCCCCC(=O)O[C@@H](CO)COC(=O)CCCCCCC/C=C\C/C=C\C/C=C\CC. The molecule has 0 rings (SSSR count). The summed E-state index contributed by atoms with van der Waals surface area (Å²) in [6, 6.07) is 0. The molecule has 0 aromatic carbocycles. The summed E-state index contributed by atoms with van der Waals surface area (Å²) in [4.78, 5) is 24.2. The Morgan fingerprint density at radius 1 is 0.479 bits per heavy atom. The molecule has 5 heteroatoms. The third-order valence-corrected chi connectivity index (χ3v) is 7.37. The van der Waals surface area contributed by atoms with Gasteiger partial charge in [-0.25, -0.2) is 0 Å². The fourth-order valence-electron chi connectivity index (χ4n) is 4.59. The van der Waals surface area contributed by atoms with Crippen LogP contribution in [0.25, 0.3) is 0 Å². The summed E-state index contributed by atoms with van der Waals surface area (Å²) in [6.07, 6.45) is 53.2. The molecule has 0 saturated heterocycles. The first-order valence-electron chi connectivity index (χ1n) is 18.8. The first-order chi connectivity index (χ1) is 23.6. The number of unbranched alkanes of at least 4 members (excludes halogenated alkanes) is 8. The molecule has 270 valence electrons. The lowest BCUT2D eigenvalue weighted by Gasteiger charge is -2.15. The van der Waals surface area contributed by atoms with E-state index in [1.54, 1.807) is 0 Å². The molecule has 0 fully saturated rings. The van der Waals surface area contributed by atoms with E-state index in [1.807, 2.05) is 0 Å². The Morgan fingerprint density at radius 2 is 0.833 bits per heavy atom. The highest BCUT2D eigenvalue weighted by Gasteiger charge is 2.16. The van der Waals surface area contributed by atoms with Crippen LogP contribution in [0.5, 0.6) is 0 Å². The molecule has 0 unspecified atom stereocenters. The van der Waals surface area contributed by atoms with Crippen LogP contribution in [-0.2, 0) is 19.1 Å². The van der Waals surface area contributed by atoms with Gasteiger partial charge in [-0.1, -0.05) is 137 Å². The molecule has 0 aromatic heterocycles. The van der Waals surface area contributed by atoms with Gasteiger partial charge in [-0.05, 0) is 89.9 Å². The highest BCUT2D eigenvalue weighted by Crippen LogP contribution is 2.10. The third kappa shape index (κ3) is 35.7. The van der Waals surface area contributed by atoms with E-state index in [9.17, 15) is 14.7 Å². The van der Waals surface area contributed by atoms with Gasteiger partial charge in [0.2, 0.25) is 0 Å². The molecule has 0 heterocycles. The Labute approximate surface area is 294 Å². The van der Waals surface area contributed by atoms with E-state index in [0.717, 1.165) is 116 Å². The van der Waals surface area contributed by atoms with Gasteiger partial charge >= 0.3 is 11.9 Å². The number of aliphatic hydroxyl groups is 1. The van der Waals surface area contributed by atoms with Gasteiger partial charge in [0.05, 0.1) is 6.61 Å². The van der Waals surface area contributed by atoms with E-state index in [1.165, 1.54) is 0 Å². The summed E-state index contributed by atoms with van der Waals surface area (Å²) in [5.41, 5.74) is 0. The minimum absolute atomic E-state index is 0.0951. The van der Waals surface area contributed by atoms with Crippen LogP contribution < -0.4 is 0 Å². The van der Waals surface area contributed by atoms with E-state index in [0.29, 0.717) is 12.8 Å². The zero-order valence-corrected chi connectivity index (χ0v) is 30.5. The summed E-state index contributed by atoms with van der Waals surface area (Å²) in [5, 5.41) is 9.54. The van der Waals surface area contributed by atoms with Crippen molar-refractivity contribution in [3.63, 3.8) is 0 Å². The lowest BCUT2D eigenvalue weighted by molar-refractivity contribution is -0.161. The lowest BCUT2D eigenvalue weighted by atomic mass is 10.1. The zero-order chi connectivity index (χ0) is 35.0. The van der Waals surface area contributed by atoms with Crippen LogP contribution in [0.4, 0.5) is 0 Å². The zero-order valence-electron chi connectivity index (χ0n) is 30.5. The Balaban J connectivity index is 3.71. The van der Waals surface area contributed by atoms with Gasteiger partial charge in [0.1, 0.15) is 6.61 Å². The molecule has 0 bridgehead atoms. The third-order valence-electron chi connectivity index (χ3n) is 7.37. The predicted molar refractivity (Wildman–Crippen MR) is 205 cm³/mol. The Morgan fingerprint density at radius 3 is 1.27 bits per heavy atom. The number of esters is 2. The highest BCUT2D eigenvalue weighted by molar-refractivity contribution is 5.70. The molecule has 0 spiro atoms. The second-order valence-corrected chi connectivity index (χ2v) is 11.9. The molecule has 0 radical (unpaired) electrons. The van der Waals surface area contributed by atoms with Gasteiger partial charge in [0, 0.05) is 12.8 Å². The summed E-state index contributed by atoms with van der Waals surface area (Å²) >= 11 is 0. The van der Waals surface area contributed by atoms with Gasteiger partial charge < -0.3 is 14.6 Å². The van der Waals surface area contributed by atoms with E-state index in [4.69, 9.17) is 9.47 Å². The fourth-order valence-corrected chi connectivity index (χ4v) is 4.59. The summed E-state index contributed by atoms with van der Waals surface area (Å²) in [5.74, 6) is -0.660. The molecule has 0 saturated carbocycles. The molecular formula is C43H68O5. The van der Waals surface area contributed by atoms with Crippen molar-refractivity contribution in [1.82, 2.24) is 0 Å². The maximum absolute atomic E-state index is 12.2. The van der Waals surface area contributed by atoms with Crippen LogP contribution in [0, 0.1) is 0 Å². The molecule has 1 N–H and O–H groups in total. The van der Waals surface area contributed by atoms with Crippen molar-refractivity contribution in [2.45, 2.75) is 148 Å². The molecule has 0 aliphatic heterocycles. The normalized spacial score (nSPS) is 13.3. The van der Waals surface area contributed by atoms with Crippen molar-refractivity contribution in [2.24, 2.45) is 0 Å². The number of aliphatic hydroxyl groups excluding tert-OH is 1. The molecule has 1 atom stereocenters. The van der Waals surface area contributed by atoms with E-state index >= 15 is 0 Å². The molecule has 48 heavy (non-hydrogen) atoms. The minimum Gasteiger partial charge on any atom is -0.462 e. The van der Waals surface area contributed by atoms with Gasteiger partial charge in [0.15, 0.2) is 6.10 Å². The summed E-state index contributed by atoms with van der Waals surface area (Å²) in [6.45, 7) is 3.84. The standard InChI is InChI=1S/C43H68O5/c1-3-5-7-9-11-13-15-17-19-20-21-22-24-26-28-30-32-34-36-38-43(46)48-41(39-44)40-47-42(45)37-35-33-31-29-27-25-23-18-16-14-12-10-8-6-4-2/h5-8,11-14,17-19,21-23,26,28,41,44H,3-4,9-10,15-16,20,24-25,27,29-40H2,1-2H3/b7-5-,8-6-,13-11-,14-12-,19-17-,22-21-,23-18-,28-26-/t41-/m0/s1. The minimum atomic E-state index is -0.802. The predicted octanol–water partition coefficient (Wildman–Crippen LogP) is 11.7. The van der Waals surface area contributed by atoms with E-state index < -0.39 is 6.10 Å². The average molecular weight is 665 g/mol. The first-order valence-corrected chi connectivity index (χ1v) is 18.8. The highest BCUT2D eigenvalue weighted by atomic mass is 16.6. The van der Waals surface area contributed by atoms with Crippen molar-refractivity contribution in [3.8, 4) is 0 Å². The van der Waals surface area contributed by atoms with Crippen molar-refractivity contribution >= 4 is 11.9 Å². The van der Waals surface area contributed by atoms with Crippen molar-refractivity contribution in [2.75, 3.05) is 13.2 Å². The Bertz CT molecular complexity index is 979. The topological polar surface area (TPSA) is 72.8 Å². The van der Waals surface area contributed by atoms with Crippen LogP contribution in [0.15, 0.2) is 97.2 Å². The number of carbonyl (C=O) groups is 2. The fraction of sp³-hybridized carbons (Fsp3) is 0.581. The van der Waals surface area contributed by atoms with Crippen LogP contribution in [-0.4, -0.2) is 36.4 Å². The maximum Gasteiger partial charge on any atom is 0.306 e. The molecule has 0 aromatic rings. The van der Waals surface area contributed by atoms with Gasteiger partial charge in [-0.3, -0.25) is 9.59 Å². The van der Waals surface area contributed by atoms with Gasteiger partial charge in [-0.15, -0.1) is 0 Å². The molecule has 5 nitrogen and oxygen atoms in total. The summed E-state index contributed by atoms with van der Waals surface area (Å²) in [7, 11) is 0. The molecule has 0 amide bonds. The van der Waals surface area contributed by atoms with Crippen LogP contribution in [0.1, 0.15) is 142 Å².